The van der Waals surface area contributed by atoms with E-state index in [4.69, 9.17) is 0 Å². The molecule has 1 saturated heterocycles. The Kier molecular flexibility index (Phi) is 2.37. The van der Waals surface area contributed by atoms with Gasteiger partial charge in [0.15, 0.2) is 0 Å². The van der Waals surface area contributed by atoms with Gasteiger partial charge < -0.3 is 9.80 Å². The van der Waals surface area contributed by atoms with Gasteiger partial charge >= 0.3 is 0 Å². The lowest BCUT2D eigenvalue weighted by Crippen LogP contribution is -2.54. The number of hydrogen-bond acceptors (Lipinski definition) is 2. The van der Waals surface area contributed by atoms with Gasteiger partial charge in [-0.25, -0.2) is 0 Å². The summed E-state index contributed by atoms with van der Waals surface area (Å²) in [6.45, 7) is 3.80. The molecule has 0 spiro atoms. The lowest BCUT2D eigenvalue weighted by atomic mass is 9.78. The Balaban J connectivity index is 1.91. The van der Waals surface area contributed by atoms with E-state index in [0.29, 0.717) is 0 Å². The third kappa shape index (κ3) is 1.50. The molecule has 0 aromatic carbocycles. The van der Waals surface area contributed by atoms with E-state index in [0.717, 1.165) is 12.0 Å². The fraction of sp³-hybridized carbons (Fsp3) is 1.00. The molecule has 0 aromatic rings. The minimum absolute atomic E-state index is 0.859. The fourth-order valence-corrected chi connectivity index (χ4v) is 2.38. The highest BCUT2D eigenvalue weighted by molar-refractivity contribution is 4.88. The molecule has 2 rings (SSSR count). The molecule has 0 bridgehead atoms. The zero-order valence-electron chi connectivity index (χ0n) is 8.29. The Morgan fingerprint density at radius 3 is 2.42 bits per heavy atom. The molecule has 1 heterocycles. The van der Waals surface area contributed by atoms with Crippen molar-refractivity contribution >= 4 is 0 Å². The summed E-state index contributed by atoms with van der Waals surface area (Å²) in [5.41, 5.74) is 0. The van der Waals surface area contributed by atoms with E-state index < -0.39 is 0 Å². The summed E-state index contributed by atoms with van der Waals surface area (Å²) < 4.78 is 0. The third-order valence-electron chi connectivity index (χ3n) is 3.59. The minimum atomic E-state index is 0.859. The number of likely N-dealkylation sites (N-methyl/N-ethyl adjacent to an activating group) is 2. The number of piperazine rings is 1. The maximum atomic E-state index is 2.56. The Morgan fingerprint density at radius 2 is 1.83 bits per heavy atom. The van der Waals surface area contributed by atoms with Crippen molar-refractivity contribution in [1.82, 2.24) is 9.80 Å². The molecule has 1 atom stereocenters. The largest absolute Gasteiger partial charge is 0.304 e. The first-order chi connectivity index (χ1) is 5.77. The van der Waals surface area contributed by atoms with Gasteiger partial charge in [0.25, 0.3) is 0 Å². The van der Waals surface area contributed by atoms with Crippen molar-refractivity contribution in [1.29, 1.82) is 0 Å². The smallest absolute Gasteiger partial charge is 0.0248 e. The SMILES string of the molecule is CN1CCN(C)[C@H](C2CCC2)C1. The van der Waals surface area contributed by atoms with Crippen LogP contribution in [0.2, 0.25) is 0 Å². The van der Waals surface area contributed by atoms with Crippen molar-refractivity contribution in [3.8, 4) is 0 Å². The van der Waals surface area contributed by atoms with Crippen molar-refractivity contribution in [3.05, 3.63) is 0 Å². The Labute approximate surface area is 75.5 Å². The van der Waals surface area contributed by atoms with Crippen LogP contribution < -0.4 is 0 Å². The van der Waals surface area contributed by atoms with Gasteiger partial charge in [-0.3, -0.25) is 0 Å². The molecule has 0 radical (unpaired) electrons. The normalized spacial score (nSPS) is 35.0. The average Bonchev–Trinajstić information content (AvgIpc) is 1.93. The van der Waals surface area contributed by atoms with E-state index >= 15 is 0 Å². The van der Waals surface area contributed by atoms with E-state index in [1.165, 1.54) is 38.9 Å². The van der Waals surface area contributed by atoms with Crippen LogP contribution in [0.15, 0.2) is 0 Å². The molecule has 0 aromatic heterocycles. The molecule has 12 heavy (non-hydrogen) atoms. The summed E-state index contributed by atoms with van der Waals surface area (Å²) in [4.78, 5) is 5.03. The summed E-state index contributed by atoms with van der Waals surface area (Å²) in [6, 6.07) is 0.859. The van der Waals surface area contributed by atoms with Crippen LogP contribution in [0, 0.1) is 5.92 Å². The van der Waals surface area contributed by atoms with Crippen LogP contribution in [0.4, 0.5) is 0 Å². The third-order valence-corrected chi connectivity index (χ3v) is 3.59. The number of rotatable bonds is 1. The average molecular weight is 168 g/mol. The highest BCUT2D eigenvalue weighted by Crippen LogP contribution is 2.32. The predicted octanol–water partition coefficient (Wildman–Crippen LogP) is 1.03. The summed E-state index contributed by atoms with van der Waals surface area (Å²) in [5, 5.41) is 0. The van der Waals surface area contributed by atoms with Crippen LogP contribution >= 0.6 is 0 Å². The van der Waals surface area contributed by atoms with Crippen molar-refractivity contribution in [2.24, 2.45) is 5.92 Å². The molecular weight excluding hydrogens is 148 g/mol. The van der Waals surface area contributed by atoms with Crippen LogP contribution in [-0.2, 0) is 0 Å². The van der Waals surface area contributed by atoms with Crippen molar-refractivity contribution in [2.45, 2.75) is 25.3 Å². The van der Waals surface area contributed by atoms with Crippen LogP contribution in [0.25, 0.3) is 0 Å². The molecule has 0 amide bonds. The van der Waals surface area contributed by atoms with Gasteiger partial charge in [0.05, 0.1) is 0 Å². The van der Waals surface area contributed by atoms with Crippen molar-refractivity contribution in [2.75, 3.05) is 33.7 Å². The van der Waals surface area contributed by atoms with Gasteiger partial charge in [0.2, 0.25) is 0 Å². The Hall–Kier alpha value is -0.0800. The summed E-state index contributed by atoms with van der Waals surface area (Å²) in [7, 11) is 4.54. The fourth-order valence-electron chi connectivity index (χ4n) is 2.38. The molecule has 2 aliphatic rings. The Morgan fingerprint density at radius 1 is 1.08 bits per heavy atom. The first-order valence-corrected chi connectivity index (χ1v) is 5.16. The van der Waals surface area contributed by atoms with E-state index in [2.05, 4.69) is 23.9 Å². The topological polar surface area (TPSA) is 6.48 Å². The zero-order valence-corrected chi connectivity index (χ0v) is 8.29. The lowest BCUT2D eigenvalue weighted by Gasteiger charge is -2.45. The highest BCUT2D eigenvalue weighted by Gasteiger charge is 2.32. The second-order valence-corrected chi connectivity index (χ2v) is 4.50. The van der Waals surface area contributed by atoms with E-state index in [1.54, 1.807) is 0 Å². The molecule has 70 valence electrons. The van der Waals surface area contributed by atoms with Gasteiger partial charge in [-0.05, 0) is 32.9 Å². The Bertz CT molecular complexity index is 152. The van der Waals surface area contributed by atoms with Crippen molar-refractivity contribution in [3.63, 3.8) is 0 Å². The quantitative estimate of drug-likeness (QED) is 0.577. The number of nitrogens with zero attached hydrogens (tertiary/aromatic N) is 2. The highest BCUT2D eigenvalue weighted by atomic mass is 15.3. The van der Waals surface area contributed by atoms with Gasteiger partial charge in [-0.15, -0.1) is 0 Å². The van der Waals surface area contributed by atoms with Crippen LogP contribution in [-0.4, -0.2) is 49.6 Å². The molecule has 1 aliphatic heterocycles. The van der Waals surface area contributed by atoms with Crippen LogP contribution in [0.1, 0.15) is 19.3 Å². The maximum absolute atomic E-state index is 2.56. The van der Waals surface area contributed by atoms with Crippen LogP contribution in [0.5, 0.6) is 0 Å². The molecule has 0 N–H and O–H groups in total. The number of hydrogen-bond donors (Lipinski definition) is 0. The monoisotopic (exact) mass is 168 g/mol. The van der Waals surface area contributed by atoms with E-state index in [-0.39, 0.29) is 0 Å². The van der Waals surface area contributed by atoms with Crippen molar-refractivity contribution < 1.29 is 0 Å². The summed E-state index contributed by atoms with van der Waals surface area (Å²) in [6.07, 6.45) is 4.42. The maximum Gasteiger partial charge on any atom is 0.0248 e. The first kappa shape index (κ1) is 8.52. The van der Waals surface area contributed by atoms with E-state index in [9.17, 15) is 0 Å². The minimum Gasteiger partial charge on any atom is -0.304 e. The second-order valence-electron chi connectivity index (χ2n) is 4.50. The molecular formula is C10H20N2. The molecule has 1 aliphatic carbocycles. The molecule has 0 unspecified atom stereocenters. The van der Waals surface area contributed by atoms with Crippen LogP contribution in [0.3, 0.4) is 0 Å². The second kappa shape index (κ2) is 3.35. The molecule has 2 nitrogen and oxygen atoms in total. The predicted molar refractivity (Wildman–Crippen MR) is 51.3 cm³/mol. The summed E-state index contributed by atoms with van der Waals surface area (Å²) in [5.74, 6) is 1.01. The molecule has 2 heteroatoms. The standard InChI is InChI=1S/C10H20N2/c1-11-6-7-12(2)10(8-11)9-4-3-5-9/h9-10H,3-8H2,1-2H3/t10-/m0/s1. The molecule has 2 fully saturated rings. The van der Waals surface area contributed by atoms with Gasteiger partial charge in [-0.2, -0.15) is 0 Å². The summed E-state index contributed by atoms with van der Waals surface area (Å²) >= 11 is 0. The van der Waals surface area contributed by atoms with E-state index in [1.807, 2.05) is 0 Å². The van der Waals surface area contributed by atoms with Gasteiger partial charge in [0, 0.05) is 25.7 Å². The van der Waals surface area contributed by atoms with Gasteiger partial charge in [-0.1, -0.05) is 6.42 Å². The first-order valence-electron chi connectivity index (χ1n) is 5.16. The zero-order chi connectivity index (χ0) is 8.55. The lowest BCUT2D eigenvalue weighted by molar-refractivity contribution is 0.0461. The van der Waals surface area contributed by atoms with Gasteiger partial charge in [0.1, 0.15) is 0 Å². The molecule has 1 saturated carbocycles.